The first kappa shape index (κ1) is 23.6. The second-order valence-electron chi connectivity index (χ2n) is 8.12. The Morgan fingerprint density at radius 1 is 1.12 bits per heavy atom. The van der Waals surface area contributed by atoms with Gasteiger partial charge in [-0.2, -0.15) is 0 Å². The van der Waals surface area contributed by atoms with Crippen LogP contribution in [0.15, 0.2) is 59.6 Å². The van der Waals surface area contributed by atoms with Gasteiger partial charge in [0.15, 0.2) is 5.96 Å². The van der Waals surface area contributed by atoms with Gasteiger partial charge >= 0.3 is 0 Å². The lowest BCUT2D eigenvalue weighted by Crippen LogP contribution is -2.47. The fourth-order valence-electron chi connectivity index (χ4n) is 3.47. The molecule has 1 aliphatic rings. The summed E-state index contributed by atoms with van der Waals surface area (Å²) in [6, 6.07) is 18.5. The molecular formula is C25H35N5O2. The largest absolute Gasteiger partial charge is 0.376 e. The molecule has 7 nitrogen and oxygen atoms in total. The van der Waals surface area contributed by atoms with Crippen LogP contribution in [-0.4, -0.2) is 51.2 Å². The van der Waals surface area contributed by atoms with Crippen LogP contribution in [0.2, 0.25) is 0 Å². The molecule has 0 aromatic heterocycles. The number of hydrogen-bond donors (Lipinski definition) is 3. The maximum Gasteiger partial charge on any atom is 0.239 e. The first-order valence-electron chi connectivity index (χ1n) is 11.4. The van der Waals surface area contributed by atoms with E-state index >= 15 is 0 Å². The monoisotopic (exact) mass is 437 g/mol. The summed E-state index contributed by atoms with van der Waals surface area (Å²) >= 11 is 0. The lowest BCUT2D eigenvalue weighted by molar-refractivity contribution is -0.120. The van der Waals surface area contributed by atoms with E-state index in [9.17, 15) is 4.79 Å². The molecular weight excluding hydrogens is 402 g/mol. The van der Waals surface area contributed by atoms with Gasteiger partial charge in [-0.15, -0.1) is 0 Å². The van der Waals surface area contributed by atoms with Crippen molar-refractivity contribution in [3.63, 3.8) is 0 Å². The van der Waals surface area contributed by atoms with Gasteiger partial charge < -0.3 is 25.6 Å². The number of piperazine rings is 1. The second-order valence-corrected chi connectivity index (χ2v) is 8.12. The molecule has 1 aliphatic heterocycles. The summed E-state index contributed by atoms with van der Waals surface area (Å²) in [6.07, 6.45) is 0. The Labute approximate surface area is 191 Å². The second kappa shape index (κ2) is 12.7. The van der Waals surface area contributed by atoms with Crippen LogP contribution in [0.3, 0.4) is 0 Å². The molecule has 32 heavy (non-hydrogen) atoms. The fraction of sp³-hybridized carbons (Fsp3) is 0.440. The summed E-state index contributed by atoms with van der Waals surface area (Å²) < 4.78 is 5.84. The number of carbonyl (C=O) groups excluding carboxylic acids is 1. The minimum atomic E-state index is 0.0750. The minimum absolute atomic E-state index is 0.0750. The van der Waals surface area contributed by atoms with E-state index in [1.807, 2.05) is 18.2 Å². The van der Waals surface area contributed by atoms with E-state index < -0.39 is 0 Å². The van der Waals surface area contributed by atoms with Crippen LogP contribution in [0.5, 0.6) is 0 Å². The Balaban J connectivity index is 1.44. The van der Waals surface area contributed by atoms with E-state index in [-0.39, 0.29) is 5.91 Å². The maximum atomic E-state index is 11.6. The molecule has 0 saturated carbocycles. The molecule has 172 valence electrons. The van der Waals surface area contributed by atoms with Crippen molar-refractivity contribution in [3.8, 4) is 0 Å². The van der Waals surface area contributed by atoms with Crippen molar-refractivity contribution >= 4 is 17.6 Å². The lowest BCUT2D eigenvalue weighted by atomic mass is 10.2. The van der Waals surface area contributed by atoms with Crippen LogP contribution in [-0.2, 0) is 22.7 Å². The Morgan fingerprint density at radius 2 is 1.91 bits per heavy atom. The molecule has 1 atom stereocenters. The van der Waals surface area contributed by atoms with Gasteiger partial charge in [0.2, 0.25) is 5.91 Å². The highest BCUT2D eigenvalue weighted by molar-refractivity contribution is 5.82. The van der Waals surface area contributed by atoms with Gasteiger partial charge in [0.05, 0.1) is 26.3 Å². The number of amides is 1. The van der Waals surface area contributed by atoms with Crippen LogP contribution in [0.25, 0.3) is 0 Å². The minimum Gasteiger partial charge on any atom is -0.376 e. The number of nitrogens with zero attached hydrogens (tertiary/aromatic N) is 2. The smallest absolute Gasteiger partial charge is 0.239 e. The third kappa shape index (κ3) is 7.89. The number of anilines is 1. The maximum absolute atomic E-state index is 11.6. The molecule has 3 N–H and O–H groups in total. The normalized spacial score (nSPS) is 15.2. The van der Waals surface area contributed by atoms with Gasteiger partial charge in [0.1, 0.15) is 0 Å². The zero-order valence-electron chi connectivity index (χ0n) is 19.1. The van der Waals surface area contributed by atoms with Gasteiger partial charge in [0, 0.05) is 31.9 Å². The summed E-state index contributed by atoms with van der Waals surface area (Å²) in [5.41, 5.74) is 3.39. The van der Waals surface area contributed by atoms with E-state index in [1.165, 1.54) is 5.56 Å². The van der Waals surface area contributed by atoms with Crippen LogP contribution in [0.4, 0.5) is 5.69 Å². The SMILES string of the molecule is CCNC(=NCc1ccc(N2CCNC(=O)C2)cc1)NCC(C)COCc1ccccc1. The van der Waals surface area contributed by atoms with Crippen molar-refractivity contribution in [2.75, 3.05) is 44.2 Å². The quantitative estimate of drug-likeness (QED) is 0.393. The molecule has 2 aromatic carbocycles. The van der Waals surface area contributed by atoms with E-state index in [4.69, 9.17) is 9.73 Å². The standard InChI is InChI=1S/C25H35N5O2/c1-3-26-25(28-15-20(2)18-32-19-22-7-5-4-6-8-22)29-16-21-9-11-23(12-10-21)30-14-13-27-24(31)17-30/h4-12,20H,3,13-19H2,1-2H3,(H,27,31)(H2,26,28,29). The van der Waals surface area contributed by atoms with Gasteiger partial charge in [-0.05, 0) is 36.1 Å². The summed E-state index contributed by atoms with van der Waals surface area (Å²) in [5, 5.41) is 9.57. The number of carbonyl (C=O) groups is 1. The number of benzene rings is 2. The molecule has 1 fully saturated rings. The number of nitrogens with one attached hydrogen (secondary N) is 3. The highest BCUT2D eigenvalue weighted by Gasteiger charge is 2.16. The lowest BCUT2D eigenvalue weighted by Gasteiger charge is -2.28. The molecule has 2 aromatic rings. The summed E-state index contributed by atoms with van der Waals surface area (Å²) in [4.78, 5) is 18.4. The van der Waals surface area contributed by atoms with E-state index in [0.29, 0.717) is 38.8 Å². The third-order valence-corrected chi connectivity index (χ3v) is 5.24. The molecule has 1 unspecified atom stereocenters. The number of hydrogen-bond acceptors (Lipinski definition) is 4. The average Bonchev–Trinajstić information content (AvgIpc) is 2.82. The number of ether oxygens (including phenoxy) is 1. The van der Waals surface area contributed by atoms with Crippen LogP contribution < -0.4 is 20.9 Å². The zero-order valence-corrected chi connectivity index (χ0v) is 19.1. The zero-order chi connectivity index (χ0) is 22.6. The molecule has 0 bridgehead atoms. The van der Waals surface area contributed by atoms with E-state index in [0.717, 1.165) is 36.8 Å². The summed E-state index contributed by atoms with van der Waals surface area (Å²) in [7, 11) is 0. The third-order valence-electron chi connectivity index (χ3n) is 5.24. The topological polar surface area (TPSA) is 78.0 Å². The number of rotatable bonds is 10. The fourth-order valence-corrected chi connectivity index (χ4v) is 3.47. The van der Waals surface area contributed by atoms with Crippen LogP contribution in [0, 0.1) is 5.92 Å². The van der Waals surface area contributed by atoms with Crippen LogP contribution in [0.1, 0.15) is 25.0 Å². The molecule has 3 rings (SSSR count). The van der Waals surface area contributed by atoms with Crippen molar-refractivity contribution in [1.29, 1.82) is 0 Å². The highest BCUT2D eigenvalue weighted by atomic mass is 16.5. The number of guanidine groups is 1. The van der Waals surface area contributed by atoms with Crippen LogP contribution >= 0.6 is 0 Å². The molecule has 0 spiro atoms. The molecule has 7 heteroatoms. The Morgan fingerprint density at radius 3 is 2.62 bits per heavy atom. The Hall–Kier alpha value is -3.06. The van der Waals surface area contributed by atoms with E-state index in [2.05, 4.69) is 71.1 Å². The van der Waals surface area contributed by atoms with Crippen molar-refractivity contribution in [1.82, 2.24) is 16.0 Å². The predicted octanol–water partition coefficient (Wildman–Crippen LogP) is 2.53. The van der Waals surface area contributed by atoms with Crippen molar-refractivity contribution in [2.24, 2.45) is 10.9 Å². The predicted molar refractivity (Wildman–Crippen MR) is 130 cm³/mol. The first-order valence-corrected chi connectivity index (χ1v) is 11.4. The van der Waals surface area contributed by atoms with Crippen molar-refractivity contribution in [2.45, 2.75) is 27.0 Å². The van der Waals surface area contributed by atoms with Gasteiger partial charge in [0.25, 0.3) is 0 Å². The van der Waals surface area contributed by atoms with Gasteiger partial charge in [-0.3, -0.25) is 4.79 Å². The Kier molecular flexibility index (Phi) is 9.37. The molecule has 1 saturated heterocycles. The van der Waals surface area contributed by atoms with Gasteiger partial charge in [-0.25, -0.2) is 4.99 Å². The molecule has 0 aliphatic carbocycles. The number of aliphatic imine (C=N–C) groups is 1. The van der Waals surface area contributed by atoms with E-state index in [1.54, 1.807) is 0 Å². The van der Waals surface area contributed by atoms with Gasteiger partial charge in [-0.1, -0.05) is 49.4 Å². The summed E-state index contributed by atoms with van der Waals surface area (Å²) in [6.45, 7) is 9.69. The summed E-state index contributed by atoms with van der Waals surface area (Å²) in [5.74, 6) is 1.24. The van der Waals surface area contributed by atoms with Crippen molar-refractivity contribution < 1.29 is 9.53 Å². The first-order chi connectivity index (χ1) is 15.6. The average molecular weight is 438 g/mol. The molecule has 0 radical (unpaired) electrons. The molecule has 1 heterocycles. The van der Waals surface area contributed by atoms with Crippen molar-refractivity contribution in [3.05, 3.63) is 65.7 Å². The highest BCUT2D eigenvalue weighted by Crippen LogP contribution is 2.16. The molecule has 1 amide bonds. The Bertz CT molecular complexity index is 854.